The van der Waals surface area contributed by atoms with E-state index >= 15 is 0 Å². The highest BCUT2D eigenvalue weighted by Crippen LogP contribution is 2.05. The third-order valence-electron chi connectivity index (χ3n) is 0.532. The Morgan fingerprint density at radius 1 is 1.83 bits per heavy atom. The molecule has 0 aromatic rings. The summed E-state index contributed by atoms with van der Waals surface area (Å²) in [7, 11) is 0.160. The average Bonchev–Trinajstić information content (AvgIpc) is 1.86. The molecule has 1 aliphatic heterocycles. The molecule has 0 aromatic carbocycles. The van der Waals surface area contributed by atoms with Crippen molar-refractivity contribution in [1.29, 1.82) is 0 Å². The lowest BCUT2D eigenvalue weighted by Crippen LogP contribution is -1.99. The Morgan fingerprint density at radius 2 is 2.67 bits per heavy atom. The van der Waals surface area contributed by atoms with E-state index in [4.69, 9.17) is 0 Å². The zero-order valence-electron chi connectivity index (χ0n) is 3.51. The maximum atomic E-state index is 3.97. The molecule has 6 heavy (non-hydrogen) atoms. The van der Waals surface area contributed by atoms with Crippen molar-refractivity contribution in [1.82, 2.24) is 5.32 Å². The standard InChI is InChI=1S/C3H6N2S/c1-6-3-4-2-5-6/h2-3H,1H3,(H,4,5). The first-order valence-electron chi connectivity index (χ1n) is 1.66. The zero-order chi connectivity index (χ0) is 4.41. The van der Waals surface area contributed by atoms with Gasteiger partial charge in [0.1, 0.15) is 6.34 Å². The summed E-state index contributed by atoms with van der Waals surface area (Å²) in [6.45, 7) is 0. The highest BCUT2D eigenvalue weighted by Gasteiger charge is 1.81. The Hall–Kier alpha value is -0.310. The van der Waals surface area contributed by atoms with Crippen LogP contribution in [0.15, 0.2) is 4.40 Å². The summed E-state index contributed by atoms with van der Waals surface area (Å²) >= 11 is 0. The van der Waals surface area contributed by atoms with Gasteiger partial charge in [-0.05, 0) is 6.26 Å². The highest BCUT2D eigenvalue weighted by atomic mass is 32.2. The second-order valence-electron chi connectivity index (χ2n) is 1.04. The monoisotopic (exact) mass is 102 g/mol. The molecule has 1 atom stereocenters. The third kappa shape index (κ3) is 0.597. The average molecular weight is 102 g/mol. The van der Waals surface area contributed by atoms with Crippen LogP contribution in [-0.4, -0.2) is 18.1 Å². The number of rotatable bonds is 0. The van der Waals surface area contributed by atoms with E-state index in [1.54, 1.807) is 6.34 Å². The van der Waals surface area contributed by atoms with E-state index in [-0.39, 0.29) is 10.7 Å². The van der Waals surface area contributed by atoms with Crippen LogP contribution in [0, 0.1) is 0 Å². The molecule has 0 amide bonds. The first-order valence-corrected chi connectivity index (χ1v) is 3.32. The van der Waals surface area contributed by atoms with Crippen molar-refractivity contribution in [2.45, 2.75) is 0 Å². The molecule has 0 saturated heterocycles. The number of nitrogens with one attached hydrogen (secondary N) is 1. The summed E-state index contributed by atoms with van der Waals surface area (Å²) in [5, 5.41) is 2.87. The Bertz CT molecular complexity index is 103. The largest absolute Gasteiger partial charge is 0.346 e. The van der Waals surface area contributed by atoms with Crippen molar-refractivity contribution in [3.8, 4) is 0 Å². The maximum absolute atomic E-state index is 3.97. The van der Waals surface area contributed by atoms with Crippen LogP contribution in [-0.2, 0) is 0 Å². The van der Waals surface area contributed by atoms with E-state index in [0.717, 1.165) is 0 Å². The summed E-state index contributed by atoms with van der Waals surface area (Å²) in [5.74, 6) is 0. The van der Waals surface area contributed by atoms with Crippen LogP contribution in [0.5, 0.6) is 0 Å². The lowest BCUT2D eigenvalue weighted by atomic mass is 11.2. The molecule has 0 fully saturated rings. The summed E-state index contributed by atoms with van der Waals surface area (Å²) in [6, 6.07) is 0. The molecule has 2 nitrogen and oxygen atoms in total. The molecule has 1 rings (SSSR count). The molecule has 1 heterocycles. The molecule has 34 valence electrons. The van der Waals surface area contributed by atoms with Crippen LogP contribution < -0.4 is 5.32 Å². The smallest absolute Gasteiger partial charge is 0.100 e. The number of hydrogen-bond donors (Lipinski definition) is 1. The highest BCUT2D eigenvalue weighted by molar-refractivity contribution is 8.13. The van der Waals surface area contributed by atoms with Crippen LogP contribution in [0.4, 0.5) is 0 Å². The van der Waals surface area contributed by atoms with Crippen LogP contribution in [0.3, 0.4) is 0 Å². The third-order valence-corrected chi connectivity index (χ3v) is 1.45. The van der Waals surface area contributed by atoms with Crippen molar-refractivity contribution in [2.75, 3.05) is 6.26 Å². The minimum absolute atomic E-state index is 0.160. The predicted octanol–water partition coefficient (Wildman–Crippen LogP) is 0.191. The van der Waals surface area contributed by atoms with Gasteiger partial charge in [0.15, 0.2) is 0 Å². The van der Waals surface area contributed by atoms with Crippen molar-refractivity contribution in [2.24, 2.45) is 4.40 Å². The summed E-state index contributed by atoms with van der Waals surface area (Å²) in [5.41, 5.74) is 1.96. The molecule has 0 saturated carbocycles. The van der Waals surface area contributed by atoms with E-state index in [9.17, 15) is 0 Å². The molecule has 1 unspecified atom stereocenters. The molecule has 1 aliphatic rings. The molecular weight excluding hydrogens is 96.1 g/mol. The first-order chi connectivity index (χ1) is 2.89. The predicted molar refractivity (Wildman–Crippen MR) is 31.2 cm³/mol. The van der Waals surface area contributed by atoms with Gasteiger partial charge in [-0.3, -0.25) is 0 Å². The van der Waals surface area contributed by atoms with E-state index in [0.29, 0.717) is 0 Å². The summed E-state index contributed by atoms with van der Waals surface area (Å²) in [6.07, 6.45) is 3.76. The fourth-order valence-electron chi connectivity index (χ4n) is 0.273. The lowest BCUT2D eigenvalue weighted by Gasteiger charge is -1.75. The maximum Gasteiger partial charge on any atom is 0.100 e. The molecule has 3 heteroatoms. The Labute approximate surface area is 39.3 Å². The fourth-order valence-corrected chi connectivity index (χ4v) is 0.819. The molecule has 0 bridgehead atoms. The zero-order valence-corrected chi connectivity index (χ0v) is 4.33. The second kappa shape index (κ2) is 1.43. The minimum Gasteiger partial charge on any atom is -0.346 e. The van der Waals surface area contributed by atoms with E-state index in [1.165, 1.54) is 0 Å². The Balaban J connectivity index is 2.68. The Kier molecular flexibility index (Phi) is 0.919. The van der Waals surface area contributed by atoms with Crippen molar-refractivity contribution < 1.29 is 0 Å². The summed E-state index contributed by atoms with van der Waals surface area (Å²) < 4.78 is 3.97. The fraction of sp³-hybridized carbons (Fsp3) is 0.333. The van der Waals surface area contributed by atoms with Crippen LogP contribution in [0.1, 0.15) is 0 Å². The molecular formula is C3H6N2S. The van der Waals surface area contributed by atoms with Gasteiger partial charge in [-0.25, -0.2) is 4.40 Å². The van der Waals surface area contributed by atoms with Gasteiger partial charge in [0.2, 0.25) is 0 Å². The van der Waals surface area contributed by atoms with Gasteiger partial charge < -0.3 is 5.32 Å². The molecule has 0 aromatic heterocycles. The number of hydrogen-bond acceptors (Lipinski definition) is 2. The van der Waals surface area contributed by atoms with Crippen molar-refractivity contribution in [3.63, 3.8) is 0 Å². The SMILES string of the molecule is CS1=CNC=N1. The molecule has 0 radical (unpaired) electrons. The van der Waals surface area contributed by atoms with Gasteiger partial charge in [-0.15, -0.1) is 0 Å². The second-order valence-corrected chi connectivity index (χ2v) is 2.54. The van der Waals surface area contributed by atoms with Gasteiger partial charge in [-0.1, -0.05) is 10.7 Å². The van der Waals surface area contributed by atoms with Gasteiger partial charge in [0.25, 0.3) is 0 Å². The summed E-state index contributed by atoms with van der Waals surface area (Å²) in [4.78, 5) is 0. The topological polar surface area (TPSA) is 24.4 Å². The quantitative estimate of drug-likeness (QED) is 0.434. The van der Waals surface area contributed by atoms with E-state index in [2.05, 4.69) is 16.0 Å². The lowest BCUT2D eigenvalue weighted by molar-refractivity contribution is 1.54. The van der Waals surface area contributed by atoms with Crippen molar-refractivity contribution in [3.05, 3.63) is 0 Å². The van der Waals surface area contributed by atoms with Crippen LogP contribution >= 0.6 is 10.7 Å². The molecule has 0 aliphatic carbocycles. The van der Waals surface area contributed by atoms with E-state index < -0.39 is 0 Å². The molecule has 0 spiro atoms. The van der Waals surface area contributed by atoms with Crippen LogP contribution in [0.2, 0.25) is 0 Å². The van der Waals surface area contributed by atoms with Crippen LogP contribution in [0.25, 0.3) is 0 Å². The van der Waals surface area contributed by atoms with Gasteiger partial charge >= 0.3 is 0 Å². The van der Waals surface area contributed by atoms with Gasteiger partial charge in [0.05, 0.1) is 0 Å². The van der Waals surface area contributed by atoms with Gasteiger partial charge in [0, 0.05) is 5.49 Å². The minimum atomic E-state index is 0.160. The van der Waals surface area contributed by atoms with Gasteiger partial charge in [-0.2, -0.15) is 0 Å². The van der Waals surface area contributed by atoms with Crippen molar-refractivity contribution >= 4 is 22.5 Å². The molecule has 1 N–H and O–H groups in total. The Morgan fingerprint density at radius 3 is 2.83 bits per heavy atom. The van der Waals surface area contributed by atoms with E-state index in [1.807, 2.05) is 5.49 Å². The normalized spacial score (nSPS) is 29.2. The number of nitrogens with zero attached hydrogens (tertiary/aromatic N) is 1. The first kappa shape index (κ1) is 3.87.